The lowest BCUT2D eigenvalue weighted by Gasteiger charge is -2.42. The zero-order valence-electron chi connectivity index (χ0n) is 26.9. The molecule has 6 N–H and O–H groups in total. The van der Waals surface area contributed by atoms with Crippen molar-refractivity contribution in [2.24, 2.45) is 17.1 Å². The summed E-state index contributed by atoms with van der Waals surface area (Å²) in [6.45, 7) is 5.88. The summed E-state index contributed by atoms with van der Waals surface area (Å²) in [5.74, 6) is -0.938. The van der Waals surface area contributed by atoms with Gasteiger partial charge in [-0.05, 0) is 23.3 Å². The summed E-state index contributed by atoms with van der Waals surface area (Å²) in [4.78, 5) is 57.3. The van der Waals surface area contributed by atoms with E-state index >= 15 is 0 Å². The number of aromatic amines is 2. The van der Waals surface area contributed by atoms with E-state index in [1.165, 1.54) is 11.2 Å². The smallest absolute Gasteiger partial charge is 0.246 e. The first-order valence-corrected chi connectivity index (χ1v) is 15.6. The number of aliphatic hydroxyl groups is 1. The lowest BCUT2D eigenvalue weighted by atomic mass is 9.82. The Kier molecular flexibility index (Phi) is 15.2. The average Bonchev–Trinajstić information content (AvgIpc) is 3.70. The van der Waals surface area contributed by atoms with Crippen LogP contribution in [-0.2, 0) is 27.2 Å². The molecule has 3 aromatic rings. The molecule has 0 aliphatic heterocycles. The average molecular weight is 679 g/mol. The van der Waals surface area contributed by atoms with Gasteiger partial charge in [-0.15, -0.1) is 24.8 Å². The summed E-state index contributed by atoms with van der Waals surface area (Å²) in [5, 5.41) is 14.8. The number of imidazole rings is 2. The zero-order chi connectivity index (χ0) is 31.7. The Bertz CT molecular complexity index is 1330. The Labute approximate surface area is 283 Å². The Morgan fingerprint density at radius 1 is 1.07 bits per heavy atom. The van der Waals surface area contributed by atoms with Crippen LogP contribution in [0.3, 0.4) is 0 Å². The van der Waals surface area contributed by atoms with Gasteiger partial charge in [-0.1, -0.05) is 83.2 Å². The molecule has 254 valence electrons. The molecular weight excluding hydrogens is 629 g/mol. The van der Waals surface area contributed by atoms with Crippen molar-refractivity contribution >= 4 is 42.5 Å². The molecule has 1 aliphatic rings. The summed E-state index contributed by atoms with van der Waals surface area (Å²) in [7, 11) is 0. The fourth-order valence-corrected chi connectivity index (χ4v) is 6.23. The van der Waals surface area contributed by atoms with Crippen molar-refractivity contribution in [2.45, 2.75) is 103 Å². The summed E-state index contributed by atoms with van der Waals surface area (Å²) >= 11 is 0. The highest BCUT2D eigenvalue weighted by molar-refractivity contribution is 5.92. The minimum absolute atomic E-state index is 0. The van der Waals surface area contributed by atoms with E-state index in [2.05, 4.69) is 25.3 Å². The Balaban J connectivity index is 0.00000368. The van der Waals surface area contributed by atoms with Crippen LogP contribution in [0.1, 0.15) is 88.9 Å². The maximum Gasteiger partial charge on any atom is 0.246 e. The highest BCUT2D eigenvalue weighted by Gasteiger charge is 2.43. The molecule has 4 rings (SSSR count). The third kappa shape index (κ3) is 11.1. The highest BCUT2D eigenvalue weighted by Crippen LogP contribution is 2.34. The number of benzene rings is 1. The number of hydrogen-bond acceptors (Lipinski definition) is 6. The maximum atomic E-state index is 14.9. The molecule has 1 aliphatic carbocycles. The number of primary amides is 1. The minimum atomic E-state index is -1.22. The van der Waals surface area contributed by atoms with Gasteiger partial charge in [0.2, 0.25) is 17.7 Å². The van der Waals surface area contributed by atoms with Crippen molar-refractivity contribution in [1.82, 2.24) is 30.2 Å². The van der Waals surface area contributed by atoms with Gasteiger partial charge in [0.25, 0.3) is 0 Å². The van der Waals surface area contributed by atoms with Crippen molar-refractivity contribution in [3.05, 3.63) is 72.3 Å². The van der Waals surface area contributed by atoms with Gasteiger partial charge in [-0.2, -0.15) is 0 Å². The monoisotopic (exact) mass is 677 g/mol. The van der Waals surface area contributed by atoms with E-state index in [1.807, 2.05) is 51.1 Å². The van der Waals surface area contributed by atoms with Crippen LogP contribution in [0.4, 0.5) is 0 Å². The predicted octanol–water partition coefficient (Wildman–Crippen LogP) is 4.44. The van der Waals surface area contributed by atoms with Crippen LogP contribution >= 0.6 is 24.8 Å². The number of hydrogen-bond donors (Lipinski definition) is 5. The van der Waals surface area contributed by atoms with Crippen LogP contribution in [0.5, 0.6) is 0 Å². The van der Waals surface area contributed by atoms with Crippen LogP contribution in [-0.4, -0.2) is 65.8 Å². The van der Waals surface area contributed by atoms with Gasteiger partial charge in [0.15, 0.2) is 0 Å². The molecule has 0 unspecified atom stereocenters. The number of carbonyl (C=O) groups is 3. The third-order valence-electron chi connectivity index (χ3n) is 8.31. The summed E-state index contributed by atoms with van der Waals surface area (Å²) in [6, 6.07) is 6.47. The lowest BCUT2D eigenvalue weighted by molar-refractivity contribution is -0.149. The molecule has 46 heavy (non-hydrogen) atoms. The number of aromatic nitrogens is 4. The number of halogens is 2. The molecule has 3 amide bonds. The molecule has 0 bridgehead atoms. The minimum Gasteiger partial charge on any atom is -0.383 e. The molecule has 2 aromatic heterocycles. The van der Waals surface area contributed by atoms with Gasteiger partial charge >= 0.3 is 0 Å². The van der Waals surface area contributed by atoms with Crippen molar-refractivity contribution in [1.29, 1.82) is 0 Å². The Hall–Kier alpha value is -3.41. The summed E-state index contributed by atoms with van der Waals surface area (Å²) in [5.41, 5.74) is 7.22. The van der Waals surface area contributed by atoms with Crippen molar-refractivity contribution in [3.8, 4) is 0 Å². The number of nitrogens with one attached hydrogen (secondary N) is 3. The van der Waals surface area contributed by atoms with Crippen LogP contribution in [0, 0.1) is 11.3 Å². The van der Waals surface area contributed by atoms with E-state index in [9.17, 15) is 19.5 Å². The van der Waals surface area contributed by atoms with Gasteiger partial charge in [0.05, 0.1) is 12.4 Å². The number of rotatable bonds is 14. The molecule has 4 atom stereocenters. The Morgan fingerprint density at radius 3 is 2.33 bits per heavy atom. The van der Waals surface area contributed by atoms with Gasteiger partial charge in [0.1, 0.15) is 24.0 Å². The van der Waals surface area contributed by atoms with E-state index < -0.39 is 36.0 Å². The Morgan fingerprint density at radius 2 is 1.76 bits per heavy atom. The van der Waals surface area contributed by atoms with Crippen molar-refractivity contribution in [3.63, 3.8) is 0 Å². The van der Waals surface area contributed by atoms with Crippen LogP contribution in [0.2, 0.25) is 0 Å². The predicted molar refractivity (Wildman–Crippen MR) is 181 cm³/mol. The van der Waals surface area contributed by atoms with Crippen molar-refractivity contribution < 1.29 is 19.5 Å². The van der Waals surface area contributed by atoms with E-state index in [4.69, 9.17) is 5.73 Å². The first-order valence-electron chi connectivity index (χ1n) is 15.6. The molecule has 1 fully saturated rings. The number of nitrogens with two attached hydrogens (primary N) is 1. The number of H-pyrrole nitrogens is 2. The van der Waals surface area contributed by atoms with Crippen LogP contribution in [0.25, 0.3) is 0 Å². The van der Waals surface area contributed by atoms with E-state index in [-0.39, 0.29) is 61.3 Å². The second kappa shape index (κ2) is 18.1. The molecule has 0 radical (unpaired) electrons. The molecule has 11 nitrogen and oxygen atoms in total. The van der Waals surface area contributed by atoms with Gasteiger partial charge in [-0.3, -0.25) is 14.4 Å². The van der Waals surface area contributed by atoms with Crippen LogP contribution < -0.4 is 11.1 Å². The third-order valence-corrected chi connectivity index (χ3v) is 8.31. The quantitative estimate of drug-likeness (QED) is 0.169. The summed E-state index contributed by atoms with van der Waals surface area (Å²) < 4.78 is 0. The number of amides is 3. The number of nitrogens with zero attached hydrogens (tertiary/aromatic N) is 3. The molecule has 13 heteroatoms. The maximum absolute atomic E-state index is 14.9. The van der Waals surface area contributed by atoms with E-state index in [0.717, 1.165) is 37.7 Å². The van der Waals surface area contributed by atoms with Gasteiger partial charge < -0.3 is 31.0 Å². The SMILES string of the molecule is CC(C)(C)CC(=O)N[C@@H](Cc1ccccc1)C(=O)N([C@@H](Cc1cnc[nH]1)C(N)=O)[C@@H](CC1CCCCC1)[C@@H](O)c1ncc[nH]1.Cl.Cl. The first-order chi connectivity index (χ1) is 21.0. The fraction of sp³-hybridized carbons (Fsp3) is 0.545. The van der Waals surface area contributed by atoms with Gasteiger partial charge in [0, 0.05) is 43.5 Å². The normalized spacial score (nSPS) is 16.2. The lowest BCUT2D eigenvalue weighted by Crippen LogP contribution is -2.61. The molecule has 0 spiro atoms. The van der Waals surface area contributed by atoms with Crippen LogP contribution in [0.15, 0.2) is 55.2 Å². The largest absolute Gasteiger partial charge is 0.383 e. The molecule has 2 heterocycles. The number of carbonyl (C=O) groups excluding carboxylic acids is 3. The standard InChI is InChI=1S/C33H47N7O4.2ClH/c1-33(2,3)19-28(41)39-25(16-22-10-6-4-7-11-22)32(44)40(27(30(34)43)18-24-20-35-21-38-24)26(17-23-12-8-5-9-13-23)29(42)31-36-14-15-37-31;;/h4,6-7,10-11,14-15,20-21,23,25-27,29,42H,5,8-9,12-13,16-19H2,1-3H3,(H2,34,43)(H,35,38)(H,36,37)(H,39,41);2*1H/t25-,26-,27-,29+;;/m0../s1. The van der Waals surface area contributed by atoms with E-state index in [0.29, 0.717) is 17.9 Å². The second-order valence-electron chi connectivity index (χ2n) is 13.2. The topological polar surface area (TPSA) is 170 Å². The van der Waals surface area contributed by atoms with E-state index in [1.54, 1.807) is 18.6 Å². The van der Waals surface area contributed by atoms with Gasteiger partial charge in [-0.25, -0.2) is 9.97 Å². The second-order valence-corrected chi connectivity index (χ2v) is 13.2. The number of aliphatic hydroxyl groups excluding tert-OH is 1. The molecule has 1 saturated carbocycles. The molecule has 1 aromatic carbocycles. The molecule has 0 saturated heterocycles. The fourth-order valence-electron chi connectivity index (χ4n) is 6.23. The zero-order valence-corrected chi connectivity index (χ0v) is 28.5. The first kappa shape index (κ1) is 38.8. The summed E-state index contributed by atoms with van der Waals surface area (Å²) in [6.07, 6.45) is 11.2. The van der Waals surface area contributed by atoms with Crippen molar-refractivity contribution in [2.75, 3.05) is 0 Å². The molecular formula is C33H49Cl2N7O4. The highest BCUT2D eigenvalue weighted by atomic mass is 35.5.